The zero-order chi connectivity index (χ0) is 20.7. The van der Waals surface area contributed by atoms with Gasteiger partial charge in [-0.25, -0.2) is 0 Å². The van der Waals surface area contributed by atoms with Gasteiger partial charge in [0.05, 0.1) is 29.3 Å². The van der Waals surface area contributed by atoms with E-state index in [4.69, 9.17) is 32.7 Å². The smallest absolute Gasteiger partial charge is 0.271 e. The van der Waals surface area contributed by atoms with Crippen molar-refractivity contribution in [2.24, 2.45) is 5.92 Å². The highest BCUT2D eigenvalue weighted by atomic mass is 35.5. The summed E-state index contributed by atoms with van der Waals surface area (Å²) >= 11 is 11.9. The Kier molecular flexibility index (Phi) is 7.96. The topological polar surface area (TPSA) is 76.7 Å². The van der Waals surface area contributed by atoms with E-state index in [0.29, 0.717) is 29.6 Å². The third-order valence-corrected chi connectivity index (χ3v) is 4.68. The molecule has 2 rings (SSSR count). The number of hydrogen-bond acceptors (Lipinski definition) is 4. The lowest BCUT2D eigenvalue weighted by Gasteiger charge is -2.13. The van der Waals surface area contributed by atoms with Gasteiger partial charge in [-0.1, -0.05) is 43.1 Å². The highest BCUT2D eigenvalue weighted by molar-refractivity contribution is 6.43. The number of hydrazine groups is 1. The van der Waals surface area contributed by atoms with Crippen LogP contribution in [0, 0.1) is 5.92 Å². The van der Waals surface area contributed by atoms with Crippen LogP contribution in [0.1, 0.15) is 41.0 Å². The van der Waals surface area contributed by atoms with Gasteiger partial charge in [0.2, 0.25) is 0 Å². The van der Waals surface area contributed by atoms with Crippen LogP contribution in [-0.2, 0) is 0 Å². The third-order valence-electron chi connectivity index (χ3n) is 3.86. The van der Waals surface area contributed by atoms with E-state index >= 15 is 0 Å². The molecule has 150 valence electrons. The summed E-state index contributed by atoms with van der Waals surface area (Å²) in [5.74, 6) is 0.405. The molecule has 2 aromatic carbocycles. The number of nitrogens with one attached hydrogen (secondary N) is 2. The minimum Gasteiger partial charge on any atom is -0.493 e. The maximum absolute atomic E-state index is 12.3. The van der Waals surface area contributed by atoms with E-state index < -0.39 is 11.8 Å². The molecule has 0 spiro atoms. The Morgan fingerprint density at radius 1 is 1.04 bits per heavy atom. The molecule has 6 nitrogen and oxygen atoms in total. The van der Waals surface area contributed by atoms with Gasteiger partial charge in [-0.2, -0.15) is 0 Å². The molecule has 8 heteroatoms. The fourth-order valence-electron chi connectivity index (χ4n) is 2.26. The van der Waals surface area contributed by atoms with E-state index in [2.05, 4.69) is 24.7 Å². The van der Waals surface area contributed by atoms with Crippen molar-refractivity contribution in [1.82, 2.24) is 10.9 Å². The largest absolute Gasteiger partial charge is 0.493 e. The quantitative estimate of drug-likeness (QED) is 0.641. The van der Waals surface area contributed by atoms with Gasteiger partial charge in [-0.15, -0.1) is 0 Å². The van der Waals surface area contributed by atoms with Crippen LogP contribution in [0.4, 0.5) is 0 Å². The normalized spacial score (nSPS) is 10.5. The van der Waals surface area contributed by atoms with Crippen molar-refractivity contribution >= 4 is 35.0 Å². The van der Waals surface area contributed by atoms with Crippen molar-refractivity contribution in [3.8, 4) is 11.5 Å². The van der Waals surface area contributed by atoms with Gasteiger partial charge in [0, 0.05) is 5.56 Å². The van der Waals surface area contributed by atoms with Gasteiger partial charge in [0.1, 0.15) is 0 Å². The van der Waals surface area contributed by atoms with E-state index in [1.165, 1.54) is 13.2 Å². The predicted octanol–water partition coefficient (Wildman–Crippen LogP) is 4.50. The fraction of sp³-hybridized carbons (Fsp3) is 0.300. The molecule has 0 unspecified atom stereocenters. The van der Waals surface area contributed by atoms with Crippen molar-refractivity contribution in [1.29, 1.82) is 0 Å². The first-order valence-electron chi connectivity index (χ1n) is 8.69. The highest BCUT2D eigenvalue weighted by Gasteiger charge is 2.15. The lowest BCUT2D eigenvalue weighted by atomic mass is 10.1. The van der Waals surface area contributed by atoms with E-state index in [1.807, 2.05) is 0 Å². The molecule has 0 heterocycles. The number of rotatable bonds is 7. The number of carbonyl (C=O) groups excluding carboxylic acids is 2. The Bertz CT molecular complexity index is 856. The first-order chi connectivity index (χ1) is 13.3. The molecular weight excluding hydrogens is 403 g/mol. The zero-order valence-corrected chi connectivity index (χ0v) is 17.4. The molecule has 0 aliphatic rings. The molecule has 0 radical (unpaired) electrons. The van der Waals surface area contributed by atoms with Crippen LogP contribution < -0.4 is 20.3 Å². The first-order valence-corrected chi connectivity index (χ1v) is 9.44. The summed E-state index contributed by atoms with van der Waals surface area (Å²) in [6.07, 6.45) is 0.906. The number of amides is 2. The lowest BCUT2D eigenvalue weighted by Crippen LogP contribution is -2.41. The summed E-state index contributed by atoms with van der Waals surface area (Å²) < 4.78 is 11.0. The summed E-state index contributed by atoms with van der Waals surface area (Å²) in [4.78, 5) is 24.5. The van der Waals surface area contributed by atoms with Crippen LogP contribution in [0.2, 0.25) is 10.0 Å². The number of benzene rings is 2. The SMILES string of the molecule is COc1cc(C(=O)NNC(=O)c2cccc(Cl)c2Cl)ccc1OCCC(C)C. The molecule has 0 fully saturated rings. The van der Waals surface area contributed by atoms with Gasteiger partial charge >= 0.3 is 0 Å². The summed E-state index contributed by atoms with van der Waals surface area (Å²) in [6, 6.07) is 9.44. The second kappa shape index (κ2) is 10.2. The average Bonchev–Trinajstić information content (AvgIpc) is 2.67. The molecule has 2 N–H and O–H groups in total. The predicted molar refractivity (Wildman–Crippen MR) is 109 cm³/mol. The van der Waals surface area contributed by atoms with Crippen LogP contribution in [0.15, 0.2) is 36.4 Å². The Labute approximate surface area is 174 Å². The van der Waals surface area contributed by atoms with Crippen molar-refractivity contribution in [3.05, 3.63) is 57.6 Å². The average molecular weight is 425 g/mol. The maximum Gasteiger partial charge on any atom is 0.271 e. The number of carbonyl (C=O) groups is 2. The fourth-order valence-corrected chi connectivity index (χ4v) is 2.65. The van der Waals surface area contributed by atoms with Gasteiger partial charge in [-0.3, -0.25) is 20.4 Å². The molecule has 0 atom stereocenters. The van der Waals surface area contributed by atoms with Gasteiger partial charge in [0.25, 0.3) is 11.8 Å². The third kappa shape index (κ3) is 5.78. The zero-order valence-electron chi connectivity index (χ0n) is 15.8. The molecule has 0 saturated carbocycles. The van der Waals surface area contributed by atoms with Gasteiger partial charge in [0.15, 0.2) is 11.5 Å². The van der Waals surface area contributed by atoms with Crippen LogP contribution in [0.5, 0.6) is 11.5 Å². The Balaban J connectivity index is 2.01. The maximum atomic E-state index is 12.3. The summed E-state index contributed by atoms with van der Waals surface area (Å²) in [5, 5.41) is 0.360. The highest BCUT2D eigenvalue weighted by Crippen LogP contribution is 2.28. The van der Waals surface area contributed by atoms with Crippen molar-refractivity contribution in [2.75, 3.05) is 13.7 Å². The second-order valence-corrected chi connectivity index (χ2v) is 7.19. The molecule has 0 saturated heterocycles. The molecule has 2 amide bonds. The number of methoxy groups -OCH3 is 1. The van der Waals surface area contributed by atoms with E-state index in [-0.39, 0.29) is 15.6 Å². The van der Waals surface area contributed by atoms with Crippen LogP contribution >= 0.6 is 23.2 Å². The summed E-state index contributed by atoms with van der Waals surface area (Å²) in [6.45, 7) is 4.77. The molecular formula is C20H22Cl2N2O4. The molecule has 0 aliphatic heterocycles. The van der Waals surface area contributed by atoms with Crippen LogP contribution in [0.3, 0.4) is 0 Å². The van der Waals surface area contributed by atoms with Crippen molar-refractivity contribution in [2.45, 2.75) is 20.3 Å². The van der Waals surface area contributed by atoms with Crippen molar-refractivity contribution in [3.63, 3.8) is 0 Å². The van der Waals surface area contributed by atoms with Gasteiger partial charge in [-0.05, 0) is 42.7 Å². The number of ether oxygens (including phenoxy) is 2. The molecule has 0 aliphatic carbocycles. The van der Waals surface area contributed by atoms with Crippen molar-refractivity contribution < 1.29 is 19.1 Å². The molecule has 28 heavy (non-hydrogen) atoms. The lowest BCUT2D eigenvalue weighted by molar-refractivity contribution is 0.0846. The van der Waals surface area contributed by atoms with E-state index in [0.717, 1.165) is 6.42 Å². The summed E-state index contributed by atoms with van der Waals surface area (Å²) in [5.41, 5.74) is 5.10. The monoisotopic (exact) mass is 424 g/mol. The molecule has 2 aromatic rings. The number of halogens is 2. The Morgan fingerprint density at radius 3 is 2.43 bits per heavy atom. The van der Waals surface area contributed by atoms with Crippen LogP contribution in [0.25, 0.3) is 0 Å². The summed E-state index contributed by atoms with van der Waals surface area (Å²) in [7, 11) is 1.50. The molecule has 0 aromatic heterocycles. The minimum atomic E-state index is -0.582. The Morgan fingerprint density at radius 2 is 1.75 bits per heavy atom. The standard InChI is InChI=1S/C20H22Cl2N2O4/c1-12(2)9-10-28-16-8-7-13(11-17(16)27-3)19(25)23-24-20(26)14-5-4-6-15(21)18(14)22/h4-8,11-12H,9-10H2,1-3H3,(H,23,25)(H,24,26). The number of hydrogen-bond donors (Lipinski definition) is 2. The molecule has 0 bridgehead atoms. The van der Waals surface area contributed by atoms with Crippen LogP contribution in [-0.4, -0.2) is 25.5 Å². The Hall–Kier alpha value is -2.44. The minimum absolute atomic E-state index is 0.112. The first kappa shape index (κ1) is 21.9. The van der Waals surface area contributed by atoms with E-state index in [9.17, 15) is 9.59 Å². The van der Waals surface area contributed by atoms with E-state index in [1.54, 1.807) is 30.3 Å². The van der Waals surface area contributed by atoms with Gasteiger partial charge < -0.3 is 9.47 Å². The second-order valence-electron chi connectivity index (χ2n) is 6.41.